The molecule has 200 valence electrons. The molecule has 0 bridgehead atoms. The van der Waals surface area contributed by atoms with Crippen LogP contribution in [0.15, 0.2) is 66.7 Å². The molecule has 0 heterocycles. The minimum atomic E-state index is -0.855. The van der Waals surface area contributed by atoms with Gasteiger partial charge < -0.3 is 40.1 Å². The van der Waals surface area contributed by atoms with E-state index in [4.69, 9.17) is 9.47 Å². The quantitative estimate of drug-likeness (QED) is 0.192. The van der Waals surface area contributed by atoms with Crippen LogP contribution in [0.5, 0.6) is 34.5 Å². The Kier molecular flexibility index (Phi) is 6.49. The van der Waals surface area contributed by atoms with Crippen LogP contribution in [0.2, 0.25) is 0 Å². The minimum Gasteiger partial charge on any atom is -0.508 e. The summed E-state index contributed by atoms with van der Waals surface area (Å²) < 4.78 is 11.9. The van der Waals surface area contributed by atoms with Crippen LogP contribution < -0.4 is 0 Å². The summed E-state index contributed by atoms with van der Waals surface area (Å²) in [7, 11) is 2.97. The topological polar surface area (TPSA) is 140 Å². The van der Waals surface area contributed by atoms with Gasteiger partial charge in [0.1, 0.15) is 40.3 Å². The molecule has 0 saturated heterocycles. The molecule has 1 aliphatic rings. The number of phenols is 6. The zero-order valence-corrected chi connectivity index (χ0v) is 21.5. The van der Waals surface area contributed by atoms with E-state index in [1.165, 1.54) is 62.8 Å². The molecule has 1 aliphatic carbocycles. The molecular weight excluding hydrogens is 500 g/mol. The molecule has 0 saturated carbocycles. The second-order valence-electron chi connectivity index (χ2n) is 9.51. The van der Waals surface area contributed by atoms with Crippen LogP contribution in [0.25, 0.3) is 22.5 Å². The van der Waals surface area contributed by atoms with Gasteiger partial charge in [0.2, 0.25) is 0 Å². The van der Waals surface area contributed by atoms with Crippen molar-refractivity contribution in [3.8, 4) is 45.6 Å². The van der Waals surface area contributed by atoms with Gasteiger partial charge in [-0.2, -0.15) is 0 Å². The van der Waals surface area contributed by atoms with Gasteiger partial charge in [-0.25, -0.2) is 0 Å². The lowest BCUT2D eigenvalue weighted by molar-refractivity contribution is 0.0891. The Labute approximate surface area is 224 Å². The van der Waals surface area contributed by atoms with Gasteiger partial charge in [0.15, 0.2) is 0 Å². The van der Waals surface area contributed by atoms with Gasteiger partial charge in [0, 0.05) is 36.3 Å². The van der Waals surface area contributed by atoms with Crippen molar-refractivity contribution in [2.45, 2.75) is 18.9 Å². The summed E-state index contributed by atoms with van der Waals surface area (Å²) in [6.45, 7) is 1.82. The lowest BCUT2D eigenvalue weighted by atomic mass is 9.76. The summed E-state index contributed by atoms with van der Waals surface area (Å²) in [5.74, 6) is -1.18. The van der Waals surface area contributed by atoms with E-state index in [2.05, 4.69) is 0 Å². The van der Waals surface area contributed by atoms with Crippen LogP contribution in [-0.2, 0) is 9.47 Å². The number of aromatic hydroxyl groups is 6. The van der Waals surface area contributed by atoms with E-state index in [0.29, 0.717) is 50.3 Å². The molecule has 8 nitrogen and oxygen atoms in total. The van der Waals surface area contributed by atoms with E-state index in [1.54, 1.807) is 18.2 Å². The van der Waals surface area contributed by atoms with E-state index in [9.17, 15) is 30.6 Å². The third kappa shape index (κ3) is 4.45. The monoisotopic (exact) mass is 528 g/mol. The molecule has 0 unspecified atom stereocenters. The van der Waals surface area contributed by atoms with E-state index in [1.807, 2.05) is 6.92 Å². The lowest BCUT2D eigenvalue weighted by Gasteiger charge is -2.33. The summed E-state index contributed by atoms with van der Waals surface area (Å²) in [5.41, 5.74) is 4.05. The highest BCUT2D eigenvalue weighted by Gasteiger charge is 2.35. The summed E-state index contributed by atoms with van der Waals surface area (Å²) >= 11 is 0. The van der Waals surface area contributed by atoms with Gasteiger partial charge in [-0.1, -0.05) is 12.1 Å². The molecule has 0 fully saturated rings. The van der Waals surface area contributed by atoms with Crippen LogP contribution in [0.3, 0.4) is 0 Å². The molecule has 8 heteroatoms. The number of methoxy groups -OCH3 is 2. The zero-order chi connectivity index (χ0) is 28.0. The molecule has 4 aromatic rings. The molecule has 0 aliphatic heterocycles. The highest BCUT2D eigenvalue weighted by Crippen LogP contribution is 2.52. The number of fused-ring (bicyclic) bond motifs is 4. The van der Waals surface area contributed by atoms with Crippen molar-refractivity contribution in [1.29, 1.82) is 0 Å². The lowest BCUT2D eigenvalue weighted by Crippen LogP contribution is -2.18. The normalized spacial score (nSPS) is 18.5. The molecule has 4 aromatic carbocycles. The number of ether oxygens (including phenoxy) is 2. The number of benzene rings is 4. The third-order valence-corrected chi connectivity index (χ3v) is 7.12. The summed E-state index contributed by atoms with van der Waals surface area (Å²) in [6, 6.07) is 16.4. The van der Waals surface area contributed by atoms with E-state index >= 15 is 0 Å². The molecule has 0 amide bonds. The van der Waals surface area contributed by atoms with E-state index in [-0.39, 0.29) is 34.5 Å². The molecular formula is C31H28O8. The molecule has 0 aromatic heterocycles. The smallest absolute Gasteiger partial charge is 0.130 e. The average Bonchev–Trinajstić information content (AvgIpc) is 2.86. The fourth-order valence-corrected chi connectivity index (χ4v) is 5.58. The first-order chi connectivity index (χ1) is 18.6. The van der Waals surface area contributed by atoms with Gasteiger partial charge in [-0.3, -0.25) is 0 Å². The Morgan fingerprint density at radius 3 is 1.79 bits per heavy atom. The van der Waals surface area contributed by atoms with Gasteiger partial charge >= 0.3 is 0 Å². The summed E-state index contributed by atoms with van der Waals surface area (Å²) in [5, 5.41) is 63.5. The largest absolute Gasteiger partial charge is 0.508 e. The standard InChI is InChI=1S/C31H28O8/c1-15-22-6-4-17(32)11-24(22)28(16-8-19(34)10-20(35)9-16)31(39-3)25-12-18(33)5-7-23(25)29-26(30(15)38-2)13-21(36)14-27(29)37/h4-14,28,31-37H,1-3H3/b30-15-/t28-,31+/m1/s1. The average molecular weight is 529 g/mol. The Balaban J connectivity index is 2.02. The fourth-order valence-electron chi connectivity index (χ4n) is 5.58. The van der Waals surface area contributed by atoms with Crippen molar-refractivity contribution in [3.05, 3.63) is 94.5 Å². The summed E-state index contributed by atoms with van der Waals surface area (Å²) in [4.78, 5) is 0. The summed E-state index contributed by atoms with van der Waals surface area (Å²) in [6.07, 6.45) is -0.855. The second kappa shape index (κ2) is 9.81. The predicted molar refractivity (Wildman–Crippen MR) is 146 cm³/mol. The number of hydrogen-bond donors (Lipinski definition) is 6. The van der Waals surface area contributed by atoms with Gasteiger partial charge in [-0.05, 0) is 82.8 Å². The van der Waals surface area contributed by atoms with Crippen molar-refractivity contribution < 1.29 is 40.1 Å². The maximum absolute atomic E-state index is 11.1. The molecule has 0 spiro atoms. The van der Waals surface area contributed by atoms with Crippen molar-refractivity contribution in [2.24, 2.45) is 0 Å². The molecule has 0 radical (unpaired) electrons. The molecule has 5 rings (SSSR count). The highest BCUT2D eigenvalue weighted by atomic mass is 16.5. The Morgan fingerprint density at radius 2 is 1.18 bits per heavy atom. The minimum absolute atomic E-state index is 0.0198. The van der Waals surface area contributed by atoms with Gasteiger partial charge in [0.25, 0.3) is 0 Å². The second-order valence-corrected chi connectivity index (χ2v) is 9.51. The first-order valence-electron chi connectivity index (χ1n) is 12.2. The first kappa shape index (κ1) is 25.8. The van der Waals surface area contributed by atoms with Gasteiger partial charge in [-0.15, -0.1) is 0 Å². The predicted octanol–water partition coefficient (Wildman–Crippen LogP) is 5.95. The third-order valence-electron chi connectivity index (χ3n) is 7.12. The van der Waals surface area contributed by atoms with Crippen LogP contribution >= 0.6 is 0 Å². The van der Waals surface area contributed by atoms with Crippen LogP contribution in [0.4, 0.5) is 0 Å². The Bertz CT molecular complexity index is 1600. The number of rotatable bonds is 3. The van der Waals surface area contributed by atoms with Crippen LogP contribution in [-0.4, -0.2) is 44.9 Å². The van der Waals surface area contributed by atoms with Crippen molar-refractivity contribution in [3.63, 3.8) is 0 Å². The first-order valence-corrected chi connectivity index (χ1v) is 12.2. The Morgan fingerprint density at radius 1 is 0.590 bits per heavy atom. The van der Waals surface area contributed by atoms with Crippen LogP contribution in [0.1, 0.15) is 46.8 Å². The van der Waals surface area contributed by atoms with E-state index in [0.717, 1.165) is 0 Å². The SMILES string of the molecule is CO/C1=C(/C)c2ccc(O)cc2[C@@H](c2cc(O)cc(O)c2)[C@@H](OC)c2cc(O)ccc2-c2c(O)cc(O)cc21. The maximum atomic E-state index is 11.1. The van der Waals surface area contributed by atoms with Crippen molar-refractivity contribution in [2.75, 3.05) is 14.2 Å². The zero-order valence-electron chi connectivity index (χ0n) is 21.5. The van der Waals surface area contributed by atoms with E-state index < -0.39 is 12.0 Å². The number of phenolic OH excluding ortho intramolecular Hbond substituents is 6. The number of allylic oxidation sites excluding steroid dienone is 1. The number of hydrogen-bond acceptors (Lipinski definition) is 8. The Hall–Kier alpha value is -4.82. The fraction of sp³-hybridized carbons (Fsp3) is 0.161. The highest BCUT2D eigenvalue weighted by molar-refractivity contribution is 5.96. The maximum Gasteiger partial charge on any atom is 0.130 e. The molecule has 2 atom stereocenters. The van der Waals surface area contributed by atoms with Crippen LogP contribution in [0, 0.1) is 0 Å². The van der Waals surface area contributed by atoms with Crippen molar-refractivity contribution >= 4 is 11.3 Å². The van der Waals surface area contributed by atoms with Gasteiger partial charge in [0.05, 0.1) is 13.2 Å². The molecule has 6 N–H and O–H groups in total. The molecule has 39 heavy (non-hydrogen) atoms. The van der Waals surface area contributed by atoms with Crippen molar-refractivity contribution in [1.82, 2.24) is 0 Å².